The van der Waals surface area contributed by atoms with Gasteiger partial charge < -0.3 is 15.3 Å². The van der Waals surface area contributed by atoms with Crippen molar-refractivity contribution in [1.29, 1.82) is 0 Å². The van der Waals surface area contributed by atoms with Crippen molar-refractivity contribution in [3.63, 3.8) is 0 Å². The van der Waals surface area contributed by atoms with Gasteiger partial charge in [-0.3, -0.25) is 4.79 Å². The van der Waals surface area contributed by atoms with E-state index in [9.17, 15) is 9.90 Å². The number of rotatable bonds is 6. The number of ketones is 1. The molecule has 2 N–H and O–H groups in total. The lowest BCUT2D eigenvalue weighted by atomic mass is 10.1. The van der Waals surface area contributed by atoms with Gasteiger partial charge in [0, 0.05) is 23.4 Å². The molecule has 0 saturated carbocycles. The summed E-state index contributed by atoms with van der Waals surface area (Å²) in [5.41, 5.74) is 2.37. The zero-order valence-electron chi connectivity index (χ0n) is 12.3. The average molecular weight is 284 g/mol. The standard InChI is InChI=1S/C17H20N2O2/c1-19(2)12-17(21)13-7-5-8-15(10-13)18-11-14-6-3-4-9-16(14)20/h3-10,18,20H,11-12H2,1-2H3. The van der Waals surface area contributed by atoms with Crippen LogP contribution < -0.4 is 5.32 Å². The number of phenols is 1. The number of hydrogen-bond donors (Lipinski definition) is 2. The first-order chi connectivity index (χ1) is 10.1. The molecule has 0 heterocycles. The van der Waals surface area contributed by atoms with Crippen molar-refractivity contribution in [3.05, 3.63) is 59.7 Å². The Morgan fingerprint density at radius 1 is 1.14 bits per heavy atom. The Labute approximate surface area is 125 Å². The predicted molar refractivity (Wildman–Crippen MR) is 84.8 cm³/mol. The molecule has 0 atom stereocenters. The summed E-state index contributed by atoms with van der Waals surface area (Å²) < 4.78 is 0. The minimum Gasteiger partial charge on any atom is -0.508 e. The normalized spacial score (nSPS) is 10.6. The van der Waals surface area contributed by atoms with Crippen LogP contribution in [0.15, 0.2) is 48.5 Å². The lowest BCUT2D eigenvalue weighted by Crippen LogP contribution is -2.21. The molecule has 0 aliphatic carbocycles. The van der Waals surface area contributed by atoms with Crippen molar-refractivity contribution in [1.82, 2.24) is 4.90 Å². The molecule has 0 unspecified atom stereocenters. The Balaban J connectivity index is 2.04. The second-order valence-corrected chi connectivity index (χ2v) is 5.22. The van der Waals surface area contributed by atoms with Crippen LogP contribution in [0.25, 0.3) is 0 Å². The first-order valence-electron chi connectivity index (χ1n) is 6.85. The van der Waals surface area contributed by atoms with Gasteiger partial charge in [-0.2, -0.15) is 0 Å². The molecule has 0 radical (unpaired) electrons. The van der Waals surface area contributed by atoms with Crippen LogP contribution in [-0.2, 0) is 6.54 Å². The number of anilines is 1. The molecule has 0 aromatic heterocycles. The first-order valence-corrected chi connectivity index (χ1v) is 6.85. The average Bonchev–Trinajstić information content (AvgIpc) is 2.46. The Morgan fingerprint density at radius 3 is 2.62 bits per heavy atom. The van der Waals surface area contributed by atoms with Gasteiger partial charge in [0.15, 0.2) is 5.78 Å². The molecule has 2 aromatic rings. The summed E-state index contributed by atoms with van der Waals surface area (Å²) in [5, 5.41) is 13.0. The van der Waals surface area contributed by atoms with Crippen LogP contribution in [-0.4, -0.2) is 36.4 Å². The zero-order valence-corrected chi connectivity index (χ0v) is 12.3. The third-order valence-electron chi connectivity index (χ3n) is 3.12. The molecule has 0 aliphatic heterocycles. The van der Waals surface area contributed by atoms with E-state index in [1.807, 2.05) is 55.4 Å². The molecular formula is C17H20N2O2. The van der Waals surface area contributed by atoms with Crippen LogP contribution in [0.4, 0.5) is 5.69 Å². The number of carbonyl (C=O) groups excluding carboxylic acids is 1. The van der Waals surface area contributed by atoms with Crippen LogP contribution >= 0.6 is 0 Å². The molecular weight excluding hydrogens is 264 g/mol. The van der Waals surface area contributed by atoms with Gasteiger partial charge in [0.25, 0.3) is 0 Å². The Morgan fingerprint density at radius 2 is 1.90 bits per heavy atom. The van der Waals surface area contributed by atoms with E-state index in [1.165, 1.54) is 0 Å². The number of carbonyl (C=O) groups is 1. The lowest BCUT2D eigenvalue weighted by molar-refractivity contribution is 0.0958. The maximum atomic E-state index is 12.0. The Hall–Kier alpha value is -2.33. The van der Waals surface area contributed by atoms with E-state index in [0.29, 0.717) is 18.7 Å². The highest BCUT2D eigenvalue weighted by Crippen LogP contribution is 2.18. The molecule has 4 nitrogen and oxygen atoms in total. The van der Waals surface area contributed by atoms with Crippen molar-refractivity contribution < 1.29 is 9.90 Å². The van der Waals surface area contributed by atoms with Crippen molar-refractivity contribution in [2.24, 2.45) is 0 Å². The van der Waals surface area contributed by atoms with E-state index in [0.717, 1.165) is 11.3 Å². The second kappa shape index (κ2) is 6.90. The number of phenolic OH excluding ortho intramolecular Hbond substituents is 1. The van der Waals surface area contributed by atoms with Crippen molar-refractivity contribution in [2.45, 2.75) is 6.54 Å². The second-order valence-electron chi connectivity index (χ2n) is 5.22. The van der Waals surface area contributed by atoms with E-state index in [2.05, 4.69) is 5.32 Å². The SMILES string of the molecule is CN(C)CC(=O)c1cccc(NCc2ccccc2O)c1. The highest BCUT2D eigenvalue weighted by atomic mass is 16.3. The molecule has 0 aliphatic rings. The maximum Gasteiger partial charge on any atom is 0.176 e. The van der Waals surface area contributed by atoms with Crippen LogP contribution in [0.5, 0.6) is 5.75 Å². The Kier molecular flexibility index (Phi) is 4.95. The molecule has 0 spiro atoms. The summed E-state index contributed by atoms with van der Waals surface area (Å²) in [7, 11) is 3.75. The molecule has 21 heavy (non-hydrogen) atoms. The molecule has 2 rings (SSSR count). The lowest BCUT2D eigenvalue weighted by Gasteiger charge is -2.11. The quantitative estimate of drug-likeness (QED) is 0.801. The third-order valence-corrected chi connectivity index (χ3v) is 3.12. The number of para-hydroxylation sites is 1. The number of aromatic hydroxyl groups is 1. The summed E-state index contributed by atoms with van der Waals surface area (Å²) in [6.07, 6.45) is 0. The number of likely N-dealkylation sites (N-methyl/N-ethyl adjacent to an activating group) is 1. The van der Waals surface area contributed by atoms with E-state index < -0.39 is 0 Å². The topological polar surface area (TPSA) is 52.6 Å². The molecule has 4 heteroatoms. The number of benzene rings is 2. The van der Waals surface area contributed by atoms with Crippen LogP contribution in [0.1, 0.15) is 15.9 Å². The van der Waals surface area contributed by atoms with Gasteiger partial charge in [0.1, 0.15) is 5.75 Å². The molecule has 110 valence electrons. The summed E-state index contributed by atoms with van der Waals surface area (Å²) in [6.45, 7) is 0.904. The van der Waals surface area contributed by atoms with Gasteiger partial charge in [-0.1, -0.05) is 30.3 Å². The van der Waals surface area contributed by atoms with Gasteiger partial charge in [-0.25, -0.2) is 0 Å². The van der Waals surface area contributed by atoms with Crippen LogP contribution in [0.3, 0.4) is 0 Å². The summed E-state index contributed by atoms with van der Waals surface area (Å²) in [6, 6.07) is 14.6. The van der Waals surface area contributed by atoms with Gasteiger partial charge >= 0.3 is 0 Å². The fourth-order valence-corrected chi connectivity index (χ4v) is 2.04. The predicted octanol–water partition coefficient (Wildman–Crippen LogP) is 2.75. The monoisotopic (exact) mass is 284 g/mol. The fourth-order valence-electron chi connectivity index (χ4n) is 2.04. The van der Waals surface area contributed by atoms with E-state index >= 15 is 0 Å². The summed E-state index contributed by atoms with van der Waals surface area (Å²) in [5.74, 6) is 0.357. The number of nitrogens with zero attached hydrogens (tertiary/aromatic N) is 1. The van der Waals surface area contributed by atoms with Crippen molar-refractivity contribution >= 4 is 11.5 Å². The van der Waals surface area contributed by atoms with Gasteiger partial charge in [-0.15, -0.1) is 0 Å². The van der Waals surface area contributed by atoms with E-state index in [-0.39, 0.29) is 11.5 Å². The minimum atomic E-state index is 0.0891. The highest BCUT2D eigenvalue weighted by molar-refractivity contribution is 5.98. The first kappa shape index (κ1) is 15.1. The highest BCUT2D eigenvalue weighted by Gasteiger charge is 2.07. The summed E-state index contributed by atoms with van der Waals surface area (Å²) >= 11 is 0. The largest absolute Gasteiger partial charge is 0.508 e. The number of Topliss-reactive ketones (excluding diaryl/α,β-unsaturated/α-hetero) is 1. The van der Waals surface area contributed by atoms with Gasteiger partial charge in [0.05, 0.1) is 6.54 Å². The van der Waals surface area contributed by atoms with Crippen molar-refractivity contribution in [3.8, 4) is 5.75 Å². The number of hydrogen-bond acceptors (Lipinski definition) is 4. The maximum absolute atomic E-state index is 12.0. The molecule has 2 aromatic carbocycles. The zero-order chi connectivity index (χ0) is 15.2. The molecule has 0 amide bonds. The van der Waals surface area contributed by atoms with E-state index in [1.54, 1.807) is 12.1 Å². The molecule has 0 fully saturated rings. The molecule has 0 saturated heterocycles. The van der Waals surface area contributed by atoms with Crippen LogP contribution in [0, 0.1) is 0 Å². The van der Waals surface area contributed by atoms with Crippen LogP contribution in [0.2, 0.25) is 0 Å². The minimum absolute atomic E-state index is 0.0891. The third kappa shape index (κ3) is 4.33. The van der Waals surface area contributed by atoms with E-state index in [4.69, 9.17) is 0 Å². The number of nitrogens with one attached hydrogen (secondary N) is 1. The smallest absolute Gasteiger partial charge is 0.176 e. The fraction of sp³-hybridized carbons (Fsp3) is 0.235. The summed E-state index contributed by atoms with van der Waals surface area (Å²) in [4.78, 5) is 13.9. The van der Waals surface area contributed by atoms with Gasteiger partial charge in [-0.05, 0) is 32.3 Å². The Bertz CT molecular complexity index is 624. The van der Waals surface area contributed by atoms with Gasteiger partial charge in [0.2, 0.25) is 0 Å². The van der Waals surface area contributed by atoms with Crippen molar-refractivity contribution in [2.75, 3.05) is 26.0 Å². The molecule has 0 bridgehead atoms.